The fraction of sp³-hybridized carbons (Fsp3) is 0.368. The third-order valence-corrected chi connectivity index (χ3v) is 5.01. The van der Waals surface area contributed by atoms with Gasteiger partial charge in [0, 0.05) is 19.1 Å². The van der Waals surface area contributed by atoms with Crippen LogP contribution in [0.25, 0.3) is 0 Å². The Bertz CT molecular complexity index is 664. The molecule has 1 heterocycles. The van der Waals surface area contributed by atoms with E-state index in [1.54, 1.807) is 0 Å². The van der Waals surface area contributed by atoms with Gasteiger partial charge in [-0.1, -0.05) is 30.3 Å². The Morgan fingerprint density at radius 3 is 2.81 bits per heavy atom. The van der Waals surface area contributed by atoms with E-state index in [0.717, 1.165) is 19.5 Å². The lowest BCUT2D eigenvalue weighted by Gasteiger charge is -2.38. The molecule has 2 aromatic carbocycles. The van der Waals surface area contributed by atoms with Crippen molar-refractivity contribution in [1.82, 2.24) is 4.90 Å². The zero-order valence-electron chi connectivity index (χ0n) is 12.3. The molecule has 2 nitrogen and oxygen atoms in total. The van der Waals surface area contributed by atoms with Crippen LogP contribution < -0.4 is 0 Å². The highest BCUT2D eigenvalue weighted by atomic mass is 16.3. The molecule has 2 heteroatoms. The zero-order valence-corrected chi connectivity index (χ0v) is 12.3. The molecule has 0 bridgehead atoms. The summed E-state index contributed by atoms with van der Waals surface area (Å²) >= 11 is 0. The molecule has 0 saturated carbocycles. The van der Waals surface area contributed by atoms with Crippen molar-refractivity contribution in [3.05, 3.63) is 64.7 Å². The summed E-state index contributed by atoms with van der Waals surface area (Å²) in [5.74, 6) is 0.389. The molecule has 1 atom stereocenters. The third kappa shape index (κ3) is 2.34. The highest BCUT2D eigenvalue weighted by molar-refractivity contribution is 5.37. The number of aryl methyl sites for hydroxylation is 1. The van der Waals surface area contributed by atoms with Crippen molar-refractivity contribution in [1.29, 1.82) is 0 Å². The average molecular weight is 279 g/mol. The molecular weight excluding hydrogens is 258 g/mol. The quantitative estimate of drug-likeness (QED) is 0.857. The van der Waals surface area contributed by atoms with Crippen LogP contribution in [-0.4, -0.2) is 16.6 Å². The van der Waals surface area contributed by atoms with Gasteiger partial charge in [-0.05, 0) is 60.1 Å². The van der Waals surface area contributed by atoms with E-state index in [2.05, 4.69) is 35.2 Å². The Labute approximate surface area is 126 Å². The Balaban J connectivity index is 1.64. The number of hydrogen-bond donors (Lipinski definition) is 1. The van der Waals surface area contributed by atoms with E-state index in [-0.39, 0.29) is 0 Å². The first-order valence-electron chi connectivity index (χ1n) is 7.94. The Hall–Kier alpha value is -1.80. The van der Waals surface area contributed by atoms with Crippen molar-refractivity contribution in [2.24, 2.45) is 0 Å². The summed E-state index contributed by atoms with van der Waals surface area (Å²) in [4.78, 5) is 2.60. The Morgan fingerprint density at radius 2 is 1.86 bits per heavy atom. The second-order valence-corrected chi connectivity index (χ2v) is 6.28. The molecule has 0 saturated heterocycles. The largest absolute Gasteiger partial charge is 0.508 e. The number of benzene rings is 2. The summed E-state index contributed by atoms with van der Waals surface area (Å²) in [6.45, 7) is 2.08. The van der Waals surface area contributed by atoms with Crippen molar-refractivity contribution in [2.75, 3.05) is 6.54 Å². The number of phenolic OH excluding ortho intramolecular Hbond substituents is 1. The van der Waals surface area contributed by atoms with Crippen LogP contribution in [0.4, 0.5) is 0 Å². The molecule has 0 fully saturated rings. The minimum atomic E-state index is 0.389. The number of aromatic hydroxyl groups is 1. The van der Waals surface area contributed by atoms with Crippen molar-refractivity contribution < 1.29 is 5.11 Å². The first kappa shape index (κ1) is 12.9. The van der Waals surface area contributed by atoms with E-state index in [1.807, 2.05) is 12.1 Å². The summed E-state index contributed by atoms with van der Waals surface area (Å²) in [5.41, 5.74) is 5.74. The van der Waals surface area contributed by atoms with Crippen LogP contribution in [0.1, 0.15) is 41.1 Å². The maximum absolute atomic E-state index is 9.72. The van der Waals surface area contributed by atoms with Gasteiger partial charge < -0.3 is 5.11 Å². The summed E-state index contributed by atoms with van der Waals surface area (Å²) in [5, 5.41) is 9.72. The van der Waals surface area contributed by atoms with E-state index in [4.69, 9.17) is 0 Å². The van der Waals surface area contributed by atoms with Crippen molar-refractivity contribution >= 4 is 0 Å². The monoisotopic (exact) mass is 279 g/mol. The van der Waals surface area contributed by atoms with Crippen LogP contribution in [0.5, 0.6) is 5.75 Å². The predicted octanol–water partition coefficient (Wildman–Crippen LogP) is 3.83. The molecular formula is C19H21NO. The maximum atomic E-state index is 9.72. The van der Waals surface area contributed by atoms with E-state index < -0.39 is 0 Å². The van der Waals surface area contributed by atoms with Gasteiger partial charge in [0.2, 0.25) is 0 Å². The van der Waals surface area contributed by atoms with Gasteiger partial charge in [0.05, 0.1) is 0 Å². The minimum absolute atomic E-state index is 0.389. The van der Waals surface area contributed by atoms with Crippen LogP contribution in [0, 0.1) is 0 Å². The maximum Gasteiger partial charge on any atom is 0.115 e. The molecule has 0 spiro atoms. The number of hydrogen-bond acceptors (Lipinski definition) is 2. The molecule has 108 valence electrons. The van der Waals surface area contributed by atoms with Gasteiger partial charge in [-0.15, -0.1) is 0 Å². The lowest BCUT2D eigenvalue weighted by Crippen LogP contribution is -2.35. The van der Waals surface area contributed by atoms with Crippen LogP contribution in [-0.2, 0) is 19.4 Å². The topological polar surface area (TPSA) is 23.5 Å². The van der Waals surface area contributed by atoms with Gasteiger partial charge in [0.25, 0.3) is 0 Å². The van der Waals surface area contributed by atoms with Crippen LogP contribution >= 0.6 is 0 Å². The highest BCUT2D eigenvalue weighted by Gasteiger charge is 2.28. The van der Waals surface area contributed by atoms with Crippen molar-refractivity contribution in [2.45, 2.75) is 38.3 Å². The summed E-state index contributed by atoms with van der Waals surface area (Å²) in [7, 11) is 0. The molecule has 0 aromatic heterocycles. The number of fused-ring (bicyclic) bond motifs is 2. The Kier molecular flexibility index (Phi) is 3.19. The number of rotatable bonds is 1. The molecule has 2 aliphatic rings. The first-order chi connectivity index (χ1) is 10.3. The first-order valence-corrected chi connectivity index (χ1v) is 7.94. The number of phenols is 1. The summed E-state index contributed by atoms with van der Waals surface area (Å²) < 4.78 is 0. The van der Waals surface area contributed by atoms with Gasteiger partial charge in [-0.25, -0.2) is 0 Å². The smallest absolute Gasteiger partial charge is 0.115 e. The van der Waals surface area contributed by atoms with Gasteiger partial charge in [0.1, 0.15) is 5.75 Å². The highest BCUT2D eigenvalue weighted by Crippen LogP contribution is 2.37. The molecule has 1 aliphatic heterocycles. The van der Waals surface area contributed by atoms with Gasteiger partial charge >= 0.3 is 0 Å². The van der Waals surface area contributed by atoms with Crippen LogP contribution in [0.3, 0.4) is 0 Å². The standard InChI is InChI=1S/C19H21NO/c21-17-9-8-14-10-11-20(13-16(14)12-17)19-7-3-5-15-4-1-2-6-18(15)19/h1-2,4,6,8-9,12,19,21H,3,5,7,10-11,13H2/t19-/m1/s1. The molecule has 4 rings (SSSR count). The average Bonchev–Trinajstić information content (AvgIpc) is 2.53. The molecule has 0 amide bonds. The third-order valence-electron chi connectivity index (χ3n) is 5.01. The lowest BCUT2D eigenvalue weighted by molar-refractivity contribution is 0.161. The molecule has 0 unspecified atom stereocenters. The van der Waals surface area contributed by atoms with Gasteiger partial charge in [0.15, 0.2) is 0 Å². The normalized spacial score (nSPS) is 21.6. The fourth-order valence-electron chi connectivity index (χ4n) is 3.94. The fourth-order valence-corrected chi connectivity index (χ4v) is 3.94. The van der Waals surface area contributed by atoms with Crippen LogP contribution in [0.2, 0.25) is 0 Å². The van der Waals surface area contributed by atoms with E-state index in [0.29, 0.717) is 11.8 Å². The van der Waals surface area contributed by atoms with Gasteiger partial charge in [-0.3, -0.25) is 4.90 Å². The molecule has 2 aromatic rings. The molecule has 0 radical (unpaired) electrons. The molecule has 1 aliphatic carbocycles. The van der Waals surface area contributed by atoms with Gasteiger partial charge in [-0.2, -0.15) is 0 Å². The molecule has 1 N–H and O–H groups in total. The van der Waals surface area contributed by atoms with Crippen molar-refractivity contribution in [3.8, 4) is 5.75 Å². The van der Waals surface area contributed by atoms with E-state index in [1.165, 1.54) is 41.5 Å². The van der Waals surface area contributed by atoms with E-state index in [9.17, 15) is 5.11 Å². The molecule has 21 heavy (non-hydrogen) atoms. The minimum Gasteiger partial charge on any atom is -0.508 e. The Morgan fingerprint density at radius 1 is 0.952 bits per heavy atom. The summed E-state index contributed by atoms with van der Waals surface area (Å²) in [6.07, 6.45) is 4.85. The summed E-state index contributed by atoms with van der Waals surface area (Å²) in [6, 6.07) is 15.3. The number of nitrogens with zero attached hydrogens (tertiary/aromatic N) is 1. The van der Waals surface area contributed by atoms with Crippen molar-refractivity contribution in [3.63, 3.8) is 0 Å². The predicted molar refractivity (Wildman–Crippen MR) is 84.3 cm³/mol. The second-order valence-electron chi connectivity index (χ2n) is 6.28. The second kappa shape index (κ2) is 5.19. The van der Waals surface area contributed by atoms with Crippen LogP contribution in [0.15, 0.2) is 42.5 Å². The lowest BCUT2D eigenvalue weighted by atomic mass is 9.85. The SMILES string of the molecule is Oc1ccc2c(c1)CN([C@@H]1CCCc3ccccc31)CC2. The van der Waals surface area contributed by atoms with E-state index >= 15 is 0 Å². The zero-order chi connectivity index (χ0) is 14.2.